The van der Waals surface area contributed by atoms with Crippen LogP contribution in [-0.4, -0.2) is 39.9 Å². The second-order valence-corrected chi connectivity index (χ2v) is 5.71. The number of carbonyl (C=O) groups excluding carboxylic acids is 1. The van der Waals surface area contributed by atoms with Crippen molar-refractivity contribution in [2.24, 2.45) is 0 Å². The van der Waals surface area contributed by atoms with Crippen LogP contribution >= 0.6 is 0 Å². The van der Waals surface area contributed by atoms with Crippen molar-refractivity contribution in [2.45, 2.75) is 26.1 Å². The Balaban J connectivity index is 1.64. The molecule has 2 aliphatic rings. The van der Waals surface area contributed by atoms with Crippen molar-refractivity contribution >= 4 is 11.7 Å². The molecule has 1 saturated heterocycles. The zero-order valence-corrected chi connectivity index (χ0v) is 12.2. The molecular weight excluding hydrogens is 285 g/mol. The molecule has 1 atom stereocenters. The van der Waals surface area contributed by atoms with Gasteiger partial charge in [-0.3, -0.25) is 4.79 Å². The van der Waals surface area contributed by atoms with Crippen LogP contribution in [0.1, 0.15) is 28.2 Å². The molecule has 0 saturated carbocycles. The molecule has 4 rings (SSSR count). The average Bonchev–Trinajstić information content (AvgIpc) is 3.18. The standard InChI is InChI=1S/C15H16FN5O/c1-9-14-12(7-18-15(14)22)19-21(9)11-2-3-13(17-6-11)20-5-4-10(16)8-20/h2-3,6,10H,4-5,7-8H2,1H3,(H,18,22)/t10-/m1/s1. The highest BCUT2D eigenvalue weighted by atomic mass is 19.1. The van der Waals surface area contributed by atoms with Gasteiger partial charge in [-0.05, 0) is 25.5 Å². The zero-order chi connectivity index (χ0) is 15.3. The van der Waals surface area contributed by atoms with Crippen molar-refractivity contribution in [3.63, 3.8) is 0 Å². The number of pyridine rings is 1. The van der Waals surface area contributed by atoms with Crippen LogP contribution in [0.2, 0.25) is 0 Å². The minimum Gasteiger partial charge on any atom is -0.354 e. The Bertz CT molecular complexity index is 739. The highest BCUT2D eigenvalue weighted by Crippen LogP contribution is 2.24. The van der Waals surface area contributed by atoms with E-state index >= 15 is 0 Å². The lowest BCUT2D eigenvalue weighted by Gasteiger charge is -2.16. The summed E-state index contributed by atoms with van der Waals surface area (Å²) in [5, 5.41) is 7.23. The third-order valence-electron chi connectivity index (χ3n) is 4.26. The van der Waals surface area contributed by atoms with Gasteiger partial charge in [0.2, 0.25) is 0 Å². The van der Waals surface area contributed by atoms with Gasteiger partial charge in [0.15, 0.2) is 0 Å². The summed E-state index contributed by atoms with van der Waals surface area (Å²) in [5.41, 5.74) is 3.04. The molecule has 1 amide bonds. The van der Waals surface area contributed by atoms with Crippen LogP contribution in [0, 0.1) is 6.92 Å². The van der Waals surface area contributed by atoms with Gasteiger partial charge >= 0.3 is 0 Å². The highest BCUT2D eigenvalue weighted by molar-refractivity contribution is 5.99. The first-order valence-corrected chi connectivity index (χ1v) is 7.35. The number of aromatic nitrogens is 3. The van der Waals surface area contributed by atoms with E-state index in [-0.39, 0.29) is 5.91 Å². The van der Waals surface area contributed by atoms with Crippen molar-refractivity contribution in [3.05, 3.63) is 35.3 Å². The third kappa shape index (κ3) is 1.96. The number of nitrogens with zero attached hydrogens (tertiary/aromatic N) is 4. The summed E-state index contributed by atoms with van der Waals surface area (Å²) < 4.78 is 15.0. The molecule has 1 N–H and O–H groups in total. The molecular formula is C15H16FN5O. The summed E-state index contributed by atoms with van der Waals surface area (Å²) >= 11 is 0. The van der Waals surface area contributed by atoms with E-state index in [1.54, 1.807) is 10.9 Å². The largest absolute Gasteiger partial charge is 0.354 e. The molecule has 114 valence electrons. The van der Waals surface area contributed by atoms with Gasteiger partial charge < -0.3 is 10.2 Å². The Morgan fingerprint density at radius 2 is 2.27 bits per heavy atom. The SMILES string of the molecule is Cc1c2c(nn1-c1ccc(N3CC[C@@H](F)C3)nc1)CNC2=O. The highest BCUT2D eigenvalue weighted by Gasteiger charge is 2.27. The molecule has 4 heterocycles. The smallest absolute Gasteiger partial charge is 0.255 e. The van der Waals surface area contributed by atoms with Crippen LogP contribution in [-0.2, 0) is 6.54 Å². The second-order valence-electron chi connectivity index (χ2n) is 5.71. The molecule has 1 fully saturated rings. The predicted octanol–water partition coefficient (Wildman–Crippen LogP) is 1.37. The monoisotopic (exact) mass is 301 g/mol. The molecule has 0 aliphatic carbocycles. The quantitative estimate of drug-likeness (QED) is 0.910. The molecule has 2 aromatic heterocycles. The van der Waals surface area contributed by atoms with Gasteiger partial charge in [-0.25, -0.2) is 14.1 Å². The van der Waals surface area contributed by atoms with Crippen LogP contribution in [0.3, 0.4) is 0 Å². The van der Waals surface area contributed by atoms with Crippen molar-refractivity contribution in [2.75, 3.05) is 18.0 Å². The summed E-state index contributed by atoms with van der Waals surface area (Å²) in [7, 11) is 0. The number of alkyl halides is 1. The van der Waals surface area contributed by atoms with Crippen molar-refractivity contribution in [1.82, 2.24) is 20.1 Å². The maximum Gasteiger partial charge on any atom is 0.255 e. The zero-order valence-electron chi connectivity index (χ0n) is 12.2. The lowest BCUT2D eigenvalue weighted by Crippen LogP contribution is -2.21. The lowest BCUT2D eigenvalue weighted by molar-refractivity contribution is 0.0964. The predicted molar refractivity (Wildman–Crippen MR) is 79.0 cm³/mol. The Morgan fingerprint density at radius 3 is 2.91 bits per heavy atom. The molecule has 0 bridgehead atoms. The van der Waals surface area contributed by atoms with E-state index in [1.807, 2.05) is 24.0 Å². The van der Waals surface area contributed by atoms with Crippen molar-refractivity contribution in [1.29, 1.82) is 0 Å². The topological polar surface area (TPSA) is 63.1 Å². The number of carbonyl (C=O) groups is 1. The van der Waals surface area contributed by atoms with Crippen LogP contribution < -0.4 is 10.2 Å². The molecule has 22 heavy (non-hydrogen) atoms. The number of fused-ring (bicyclic) bond motifs is 1. The van der Waals surface area contributed by atoms with E-state index < -0.39 is 6.17 Å². The van der Waals surface area contributed by atoms with Crippen LogP contribution in [0.5, 0.6) is 0 Å². The summed E-state index contributed by atoms with van der Waals surface area (Å²) in [6.45, 7) is 3.45. The van der Waals surface area contributed by atoms with Crippen molar-refractivity contribution in [3.8, 4) is 5.69 Å². The summed E-state index contributed by atoms with van der Waals surface area (Å²) in [5.74, 6) is 0.702. The number of hydrogen-bond acceptors (Lipinski definition) is 4. The Hall–Kier alpha value is -2.44. The fraction of sp³-hybridized carbons (Fsp3) is 0.400. The summed E-state index contributed by atoms with van der Waals surface area (Å²) in [4.78, 5) is 18.1. The lowest BCUT2D eigenvalue weighted by atomic mass is 10.2. The number of hydrogen-bond donors (Lipinski definition) is 1. The first-order chi connectivity index (χ1) is 10.6. The molecule has 2 aliphatic heterocycles. The number of amides is 1. The molecule has 7 heteroatoms. The van der Waals surface area contributed by atoms with Gasteiger partial charge in [0, 0.05) is 6.54 Å². The fourth-order valence-corrected chi connectivity index (χ4v) is 3.10. The second kappa shape index (κ2) is 4.79. The molecule has 2 aromatic rings. The van der Waals surface area contributed by atoms with E-state index in [2.05, 4.69) is 15.4 Å². The van der Waals surface area contributed by atoms with Gasteiger partial charge in [0.25, 0.3) is 5.91 Å². The number of rotatable bonds is 2. The Morgan fingerprint density at radius 1 is 1.41 bits per heavy atom. The first-order valence-electron chi connectivity index (χ1n) is 7.35. The van der Waals surface area contributed by atoms with E-state index in [9.17, 15) is 9.18 Å². The van der Waals surface area contributed by atoms with Gasteiger partial charge in [0.1, 0.15) is 12.0 Å². The molecule has 0 unspecified atom stereocenters. The summed E-state index contributed by atoms with van der Waals surface area (Å²) in [6, 6.07) is 3.78. The number of halogens is 1. The minimum absolute atomic E-state index is 0.0746. The number of nitrogens with one attached hydrogen (secondary N) is 1. The minimum atomic E-state index is -0.767. The molecule has 6 nitrogen and oxygen atoms in total. The molecule has 0 radical (unpaired) electrons. The van der Waals surface area contributed by atoms with E-state index in [0.29, 0.717) is 31.6 Å². The number of anilines is 1. The average molecular weight is 301 g/mol. The van der Waals surface area contributed by atoms with E-state index in [1.165, 1.54) is 0 Å². The molecule has 0 spiro atoms. The van der Waals surface area contributed by atoms with Crippen LogP contribution in [0.25, 0.3) is 5.69 Å². The fourth-order valence-electron chi connectivity index (χ4n) is 3.10. The van der Waals surface area contributed by atoms with Crippen LogP contribution in [0.4, 0.5) is 10.2 Å². The van der Waals surface area contributed by atoms with E-state index in [4.69, 9.17) is 0 Å². The van der Waals surface area contributed by atoms with E-state index in [0.717, 1.165) is 22.9 Å². The Kier molecular flexibility index (Phi) is 2.88. The maximum atomic E-state index is 13.3. The molecule has 0 aromatic carbocycles. The normalized spacial score (nSPS) is 20.4. The third-order valence-corrected chi connectivity index (χ3v) is 4.26. The van der Waals surface area contributed by atoms with Gasteiger partial charge in [-0.1, -0.05) is 0 Å². The van der Waals surface area contributed by atoms with Crippen LogP contribution in [0.15, 0.2) is 18.3 Å². The van der Waals surface area contributed by atoms with Gasteiger partial charge in [0.05, 0.1) is 41.9 Å². The van der Waals surface area contributed by atoms with Gasteiger partial charge in [-0.15, -0.1) is 0 Å². The Labute approximate surface area is 126 Å². The maximum absolute atomic E-state index is 13.3. The summed E-state index contributed by atoms with van der Waals surface area (Å²) in [6.07, 6.45) is 1.51. The first kappa shape index (κ1) is 13.2. The van der Waals surface area contributed by atoms with Gasteiger partial charge in [-0.2, -0.15) is 5.10 Å². The van der Waals surface area contributed by atoms with Crippen molar-refractivity contribution < 1.29 is 9.18 Å².